The fraction of sp³-hybridized carbons (Fsp3) is 0.455. The van der Waals surface area contributed by atoms with Crippen LogP contribution in [0.2, 0.25) is 5.02 Å². The summed E-state index contributed by atoms with van der Waals surface area (Å²) >= 11 is 9.47. The number of halogens is 2. The lowest BCUT2D eigenvalue weighted by Gasteiger charge is -2.13. The first kappa shape index (κ1) is 13.0. The van der Waals surface area contributed by atoms with E-state index in [9.17, 15) is 0 Å². The zero-order valence-electron chi connectivity index (χ0n) is 8.89. The summed E-state index contributed by atoms with van der Waals surface area (Å²) < 4.78 is 6.04. The topological polar surface area (TPSA) is 21.3 Å². The zero-order valence-corrected chi connectivity index (χ0v) is 11.2. The Morgan fingerprint density at radius 3 is 2.87 bits per heavy atom. The van der Waals surface area contributed by atoms with Crippen LogP contribution in [0.3, 0.4) is 0 Å². The van der Waals surface area contributed by atoms with Crippen molar-refractivity contribution >= 4 is 27.5 Å². The third-order valence-corrected chi connectivity index (χ3v) is 2.92. The highest BCUT2D eigenvalue weighted by atomic mass is 79.9. The van der Waals surface area contributed by atoms with E-state index in [1.54, 1.807) is 7.11 Å². The third-order valence-electron chi connectivity index (χ3n) is 2.07. The van der Waals surface area contributed by atoms with Crippen LogP contribution < -0.4 is 5.32 Å². The maximum atomic E-state index is 6.09. The fourth-order valence-electron chi connectivity index (χ4n) is 1.26. The van der Waals surface area contributed by atoms with Gasteiger partial charge in [-0.3, -0.25) is 0 Å². The Morgan fingerprint density at radius 2 is 2.27 bits per heavy atom. The monoisotopic (exact) mass is 291 g/mol. The number of ether oxygens (including phenoxy) is 1. The van der Waals surface area contributed by atoms with Crippen molar-refractivity contribution in [1.29, 1.82) is 0 Å². The summed E-state index contributed by atoms with van der Waals surface area (Å²) in [6.45, 7) is 3.54. The molecule has 1 atom stereocenters. The Balaban J connectivity index is 2.50. The van der Waals surface area contributed by atoms with Gasteiger partial charge < -0.3 is 10.1 Å². The predicted molar refractivity (Wildman–Crippen MR) is 67.3 cm³/mol. The quantitative estimate of drug-likeness (QED) is 0.900. The first-order valence-electron chi connectivity index (χ1n) is 4.79. The van der Waals surface area contributed by atoms with E-state index in [0.717, 1.165) is 21.6 Å². The zero-order chi connectivity index (χ0) is 11.3. The summed E-state index contributed by atoms with van der Waals surface area (Å²) in [6.07, 6.45) is 0. The van der Waals surface area contributed by atoms with Crippen molar-refractivity contribution in [2.45, 2.75) is 19.5 Å². The van der Waals surface area contributed by atoms with Gasteiger partial charge in [0.2, 0.25) is 0 Å². The molecule has 1 rings (SSSR count). The summed E-state index contributed by atoms with van der Waals surface area (Å²) in [7, 11) is 1.70. The van der Waals surface area contributed by atoms with E-state index in [-0.39, 0.29) is 0 Å². The van der Waals surface area contributed by atoms with E-state index in [1.807, 2.05) is 18.2 Å². The van der Waals surface area contributed by atoms with Crippen LogP contribution in [-0.2, 0) is 11.3 Å². The van der Waals surface area contributed by atoms with Gasteiger partial charge in [-0.05, 0) is 24.6 Å². The molecule has 0 saturated carbocycles. The highest BCUT2D eigenvalue weighted by molar-refractivity contribution is 9.10. The van der Waals surface area contributed by atoms with E-state index in [0.29, 0.717) is 12.6 Å². The van der Waals surface area contributed by atoms with Crippen LogP contribution in [0, 0.1) is 0 Å². The van der Waals surface area contributed by atoms with Crippen molar-refractivity contribution in [2.75, 3.05) is 13.7 Å². The fourth-order valence-corrected chi connectivity index (χ4v) is 2.00. The molecule has 0 spiro atoms. The van der Waals surface area contributed by atoms with Crippen LogP contribution in [0.5, 0.6) is 0 Å². The minimum absolute atomic E-state index is 0.328. The average molecular weight is 293 g/mol. The first-order chi connectivity index (χ1) is 7.13. The molecule has 15 heavy (non-hydrogen) atoms. The Morgan fingerprint density at radius 1 is 1.53 bits per heavy atom. The number of methoxy groups -OCH3 is 1. The standard InChI is InChI=1S/C11H15BrClNO/c1-8(7-15-2)14-6-9-3-4-10(12)5-11(9)13/h3-5,8,14H,6-7H2,1-2H3. The molecule has 1 N–H and O–H groups in total. The average Bonchev–Trinajstić information content (AvgIpc) is 2.17. The van der Waals surface area contributed by atoms with E-state index in [4.69, 9.17) is 16.3 Å². The van der Waals surface area contributed by atoms with Crippen molar-refractivity contribution in [3.05, 3.63) is 33.3 Å². The normalized spacial score (nSPS) is 12.8. The van der Waals surface area contributed by atoms with Crippen molar-refractivity contribution in [2.24, 2.45) is 0 Å². The number of benzene rings is 1. The molecule has 1 aromatic rings. The summed E-state index contributed by atoms with van der Waals surface area (Å²) in [5.41, 5.74) is 1.10. The van der Waals surface area contributed by atoms with Gasteiger partial charge in [0, 0.05) is 29.2 Å². The second-order valence-corrected chi connectivity index (χ2v) is 4.80. The molecule has 0 saturated heterocycles. The van der Waals surface area contributed by atoms with Crippen LogP contribution in [0.15, 0.2) is 22.7 Å². The van der Waals surface area contributed by atoms with E-state index >= 15 is 0 Å². The van der Waals surface area contributed by atoms with E-state index in [1.165, 1.54) is 0 Å². The predicted octanol–water partition coefficient (Wildman–Crippen LogP) is 3.23. The van der Waals surface area contributed by atoms with Gasteiger partial charge in [-0.15, -0.1) is 0 Å². The van der Waals surface area contributed by atoms with Crippen molar-refractivity contribution in [1.82, 2.24) is 5.32 Å². The molecule has 2 nitrogen and oxygen atoms in total. The lowest BCUT2D eigenvalue weighted by atomic mass is 10.2. The van der Waals surface area contributed by atoms with Crippen LogP contribution in [0.4, 0.5) is 0 Å². The van der Waals surface area contributed by atoms with E-state index < -0.39 is 0 Å². The highest BCUT2D eigenvalue weighted by Gasteiger charge is 2.03. The largest absolute Gasteiger partial charge is 0.383 e. The number of hydrogen-bond donors (Lipinski definition) is 1. The number of rotatable bonds is 5. The van der Waals surface area contributed by atoms with Crippen LogP contribution >= 0.6 is 27.5 Å². The van der Waals surface area contributed by atoms with Gasteiger partial charge in [0.15, 0.2) is 0 Å². The number of nitrogens with one attached hydrogen (secondary N) is 1. The molecule has 0 aliphatic heterocycles. The Labute approximate surface area is 104 Å². The molecule has 0 fully saturated rings. The van der Waals surface area contributed by atoms with Crippen molar-refractivity contribution in [3.63, 3.8) is 0 Å². The summed E-state index contributed by atoms with van der Waals surface area (Å²) in [6, 6.07) is 6.23. The molecule has 1 aromatic carbocycles. The lowest BCUT2D eigenvalue weighted by molar-refractivity contribution is 0.171. The maximum absolute atomic E-state index is 6.09. The SMILES string of the molecule is COCC(C)NCc1ccc(Br)cc1Cl. The van der Waals surface area contributed by atoms with Crippen molar-refractivity contribution < 1.29 is 4.74 Å². The van der Waals surface area contributed by atoms with E-state index in [2.05, 4.69) is 28.2 Å². The van der Waals surface area contributed by atoms with Crippen LogP contribution in [0.1, 0.15) is 12.5 Å². The van der Waals surface area contributed by atoms with Gasteiger partial charge >= 0.3 is 0 Å². The molecule has 0 aliphatic rings. The van der Waals surface area contributed by atoms with Gasteiger partial charge in [0.25, 0.3) is 0 Å². The molecular weight excluding hydrogens is 277 g/mol. The molecule has 0 amide bonds. The molecule has 0 aromatic heterocycles. The molecule has 0 aliphatic carbocycles. The molecule has 1 unspecified atom stereocenters. The lowest BCUT2D eigenvalue weighted by Crippen LogP contribution is -2.29. The van der Waals surface area contributed by atoms with Crippen molar-refractivity contribution in [3.8, 4) is 0 Å². The Hall–Kier alpha value is -0.0900. The summed E-state index contributed by atoms with van der Waals surface area (Å²) in [5.74, 6) is 0. The summed E-state index contributed by atoms with van der Waals surface area (Å²) in [4.78, 5) is 0. The molecule has 0 radical (unpaired) electrons. The minimum atomic E-state index is 0.328. The summed E-state index contributed by atoms with van der Waals surface area (Å²) in [5, 5.41) is 4.11. The van der Waals surface area contributed by atoms with Gasteiger partial charge in [0.1, 0.15) is 0 Å². The highest BCUT2D eigenvalue weighted by Crippen LogP contribution is 2.21. The molecule has 0 heterocycles. The second-order valence-electron chi connectivity index (χ2n) is 3.47. The van der Waals surface area contributed by atoms with Gasteiger partial charge in [-0.25, -0.2) is 0 Å². The smallest absolute Gasteiger partial charge is 0.0613 e. The Kier molecular flexibility index (Phi) is 5.61. The minimum Gasteiger partial charge on any atom is -0.383 e. The van der Waals surface area contributed by atoms with Gasteiger partial charge in [-0.2, -0.15) is 0 Å². The third kappa shape index (κ3) is 4.51. The van der Waals surface area contributed by atoms with Gasteiger partial charge in [0.05, 0.1) is 6.61 Å². The number of hydrogen-bond acceptors (Lipinski definition) is 2. The first-order valence-corrected chi connectivity index (χ1v) is 5.97. The van der Waals surface area contributed by atoms with Crippen LogP contribution in [0.25, 0.3) is 0 Å². The molecular formula is C11H15BrClNO. The molecule has 4 heteroatoms. The maximum Gasteiger partial charge on any atom is 0.0613 e. The van der Waals surface area contributed by atoms with Gasteiger partial charge in [-0.1, -0.05) is 33.6 Å². The van der Waals surface area contributed by atoms with Crippen LogP contribution in [-0.4, -0.2) is 19.8 Å². The molecule has 0 bridgehead atoms. The second kappa shape index (κ2) is 6.48. The molecule has 84 valence electrons. The Bertz CT molecular complexity index is 319.